The van der Waals surface area contributed by atoms with Crippen molar-refractivity contribution in [2.75, 3.05) is 4.90 Å². The summed E-state index contributed by atoms with van der Waals surface area (Å²) < 4.78 is 6.61. The molecule has 1 spiro atoms. The van der Waals surface area contributed by atoms with E-state index in [4.69, 9.17) is 4.74 Å². The molecule has 2 aliphatic heterocycles. The molecule has 5 heteroatoms. The van der Waals surface area contributed by atoms with E-state index in [1.165, 1.54) is 12.3 Å². The first-order valence-electron chi connectivity index (χ1n) is 7.63. The zero-order chi connectivity index (χ0) is 16.7. The number of anilines is 1. The average Bonchev–Trinajstić information content (AvgIpc) is 2.78. The average molecular weight is 384 g/mol. The number of halogens is 1. The molecule has 1 unspecified atom stereocenters. The van der Waals surface area contributed by atoms with Crippen LogP contribution in [0.2, 0.25) is 0 Å². The first-order chi connectivity index (χ1) is 11.6. The fraction of sp³-hybridized carbons (Fsp3) is 0.158. The van der Waals surface area contributed by atoms with Crippen LogP contribution in [-0.4, -0.2) is 11.7 Å². The molecule has 0 N–H and O–H groups in total. The van der Waals surface area contributed by atoms with Crippen LogP contribution in [0.25, 0.3) is 0 Å². The Bertz CT molecular complexity index is 862. The molecule has 0 bridgehead atoms. The highest BCUT2D eigenvalue weighted by Gasteiger charge is 2.54. The Balaban J connectivity index is 1.82. The van der Waals surface area contributed by atoms with Gasteiger partial charge >= 0.3 is 0 Å². The molecule has 4 rings (SSSR count). The molecule has 0 saturated carbocycles. The number of fused-ring (bicyclic) bond motifs is 2. The number of allylic oxidation sites excluding steroid dienone is 1. The van der Waals surface area contributed by atoms with Crippen LogP contribution >= 0.6 is 15.9 Å². The molecule has 2 aromatic carbocycles. The number of nitrogens with zero attached hydrogens (tertiary/aromatic N) is 1. The van der Waals surface area contributed by atoms with Gasteiger partial charge in [0.25, 0.3) is 5.91 Å². The van der Waals surface area contributed by atoms with Gasteiger partial charge in [-0.05, 0) is 17.7 Å². The van der Waals surface area contributed by atoms with Gasteiger partial charge in [0.1, 0.15) is 0 Å². The topological polar surface area (TPSA) is 46.6 Å². The van der Waals surface area contributed by atoms with Crippen LogP contribution in [-0.2, 0) is 26.5 Å². The Labute approximate surface area is 147 Å². The maximum Gasteiger partial charge on any atom is 0.276 e. The third kappa shape index (κ3) is 2.27. The third-order valence-electron chi connectivity index (χ3n) is 4.41. The summed E-state index contributed by atoms with van der Waals surface area (Å²) in [5.41, 5.74) is 1.30. The van der Waals surface area contributed by atoms with Crippen molar-refractivity contribution in [1.82, 2.24) is 0 Å². The third-order valence-corrected chi connectivity index (χ3v) is 4.90. The molecule has 0 aromatic heterocycles. The minimum atomic E-state index is -1.24. The Morgan fingerprint density at radius 3 is 2.67 bits per heavy atom. The lowest BCUT2D eigenvalue weighted by Crippen LogP contribution is -2.43. The number of carbonyl (C=O) groups excluding carboxylic acids is 2. The van der Waals surface area contributed by atoms with Crippen LogP contribution in [0, 0.1) is 0 Å². The number of rotatable bonds is 2. The van der Waals surface area contributed by atoms with Gasteiger partial charge in [-0.1, -0.05) is 52.3 Å². The number of ketones is 1. The molecule has 1 amide bonds. The Morgan fingerprint density at radius 1 is 1.12 bits per heavy atom. The zero-order valence-electron chi connectivity index (χ0n) is 12.7. The summed E-state index contributed by atoms with van der Waals surface area (Å²) in [7, 11) is 0. The van der Waals surface area contributed by atoms with Gasteiger partial charge < -0.3 is 9.64 Å². The van der Waals surface area contributed by atoms with Crippen molar-refractivity contribution < 1.29 is 14.3 Å². The SMILES string of the molecule is O=C1C=COC2(C1)C(=O)N(Cc1ccccc1)c1cc(Br)ccc12. The van der Waals surface area contributed by atoms with Crippen molar-refractivity contribution in [3.63, 3.8) is 0 Å². The molecule has 120 valence electrons. The van der Waals surface area contributed by atoms with Crippen LogP contribution in [0.1, 0.15) is 17.5 Å². The molecule has 0 saturated heterocycles. The van der Waals surface area contributed by atoms with E-state index in [2.05, 4.69) is 15.9 Å². The van der Waals surface area contributed by atoms with E-state index in [1.54, 1.807) is 4.90 Å². The highest BCUT2D eigenvalue weighted by molar-refractivity contribution is 9.10. The maximum atomic E-state index is 13.2. The molecule has 2 aliphatic rings. The lowest BCUT2D eigenvalue weighted by Gasteiger charge is -2.29. The maximum absolute atomic E-state index is 13.2. The van der Waals surface area contributed by atoms with E-state index in [-0.39, 0.29) is 18.1 Å². The van der Waals surface area contributed by atoms with E-state index in [1.807, 2.05) is 48.5 Å². The molecule has 4 nitrogen and oxygen atoms in total. The largest absolute Gasteiger partial charge is 0.480 e. The van der Waals surface area contributed by atoms with E-state index in [9.17, 15) is 9.59 Å². The van der Waals surface area contributed by atoms with Gasteiger partial charge in [-0.3, -0.25) is 9.59 Å². The van der Waals surface area contributed by atoms with Crippen LogP contribution in [0.4, 0.5) is 5.69 Å². The summed E-state index contributed by atoms with van der Waals surface area (Å²) in [6.07, 6.45) is 2.74. The smallest absolute Gasteiger partial charge is 0.276 e. The first kappa shape index (κ1) is 15.1. The van der Waals surface area contributed by atoms with Gasteiger partial charge in [0.15, 0.2) is 5.78 Å². The number of hydrogen-bond acceptors (Lipinski definition) is 3. The van der Waals surface area contributed by atoms with Crippen molar-refractivity contribution in [2.24, 2.45) is 0 Å². The molecule has 2 aromatic rings. The van der Waals surface area contributed by atoms with E-state index in [0.717, 1.165) is 21.3 Å². The van der Waals surface area contributed by atoms with E-state index < -0.39 is 5.60 Å². The van der Waals surface area contributed by atoms with Crippen molar-refractivity contribution in [2.45, 2.75) is 18.6 Å². The van der Waals surface area contributed by atoms with Gasteiger partial charge in [-0.2, -0.15) is 0 Å². The summed E-state index contributed by atoms with van der Waals surface area (Å²) in [5.74, 6) is -0.304. The molecule has 0 fully saturated rings. The Kier molecular flexibility index (Phi) is 3.53. The normalized spacial score (nSPS) is 22.0. The van der Waals surface area contributed by atoms with Crippen molar-refractivity contribution in [3.8, 4) is 0 Å². The number of benzene rings is 2. The second-order valence-electron chi connectivity index (χ2n) is 5.93. The number of ether oxygens (including phenoxy) is 1. The van der Waals surface area contributed by atoms with Crippen molar-refractivity contribution in [1.29, 1.82) is 0 Å². The predicted molar refractivity (Wildman–Crippen MR) is 93.3 cm³/mol. The summed E-state index contributed by atoms with van der Waals surface area (Å²) in [5, 5.41) is 0. The quantitative estimate of drug-likeness (QED) is 0.794. The summed E-state index contributed by atoms with van der Waals surface area (Å²) in [6, 6.07) is 15.4. The monoisotopic (exact) mass is 383 g/mol. The fourth-order valence-corrected chi connectivity index (χ4v) is 3.64. The highest BCUT2D eigenvalue weighted by atomic mass is 79.9. The molecule has 0 radical (unpaired) electrons. The molecular weight excluding hydrogens is 370 g/mol. The summed E-state index contributed by atoms with van der Waals surface area (Å²) >= 11 is 3.46. The lowest BCUT2D eigenvalue weighted by atomic mass is 9.88. The standard InChI is InChI=1S/C19H14BrNO3/c20-14-6-7-16-17(10-14)21(12-13-4-2-1-3-5-13)18(23)19(16)11-15(22)8-9-24-19/h1-10H,11-12H2. The minimum absolute atomic E-state index is 0.0300. The summed E-state index contributed by atoms with van der Waals surface area (Å²) in [4.78, 5) is 26.9. The van der Waals surface area contributed by atoms with Crippen molar-refractivity contribution >= 4 is 33.3 Å². The zero-order valence-corrected chi connectivity index (χ0v) is 14.3. The van der Waals surface area contributed by atoms with Crippen LogP contribution in [0.3, 0.4) is 0 Å². The van der Waals surface area contributed by atoms with Gasteiger partial charge in [0.05, 0.1) is 24.9 Å². The molecular formula is C19H14BrNO3. The fourth-order valence-electron chi connectivity index (χ4n) is 3.29. The second-order valence-corrected chi connectivity index (χ2v) is 6.84. The minimum Gasteiger partial charge on any atom is -0.480 e. The summed E-state index contributed by atoms with van der Waals surface area (Å²) in [6.45, 7) is 0.437. The Hall–Kier alpha value is -2.40. The van der Waals surface area contributed by atoms with Gasteiger partial charge in [0, 0.05) is 16.1 Å². The van der Waals surface area contributed by atoms with Gasteiger partial charge in [-0.25, -0.2) is 0 Å². The van der Waals surface area contributed by atoms with Crippen molar-refractivity contribution in [3.05, 3.63) is 76.5 Å². The number of carbonyl (C=O) groups is 2. The van der Waals surface area contributed by atoms with Gasteiger partial charge in [-0.15, -0.1) is 0 Å². The number of hydrogen-bond donors (Lipinski definition) is 0. The predicted octanol–water partition coefficient (Wildman–Crippen LogP) is 3.69. The lowest BCUT2D eigenvalue weighted by molar-refractivity contribution is -0.143. The van der Waals surface area contributed by atoms with Crippen LogP contribution in [0.5, 0.6) is 0 Å². The second kappa shape index (κ2) is 5.60. The number of amides is 1. The highest BCUT2D eigenvalue weighted by Crippen LogP contribution is 2.47. The van der Waals surface area contributed by atoms with Crippen LogP contribution < -0.4 is 4.90 Å². The van der Waals surface area contributed by atoms with E-state index in [0.29, 0.717) is 6.54 Å². The molecule has 1 atom stereocenters. The first-order valence-corrected chi connectivity index (χ1v) is 8.42. The van der Waals surface area contributed by atoms with Crippen LogP contribution in [0.15, 0.2) is 65.3 Å². The van der Waals surface area contributed by atoms with E-state index >= 15 is 0 Å². The molecule has 24 heavy (non-hydrogen) atoms. The van der Waals surface area contributed by atoms with Gasteiger partial charge in [0.2, 0.25) is 5.60 Å². The molecule has 2 heterocycles. The Morgan fingerprint density at radius 2 is 1.92 bits per heavy atom. The molecule has 0 aliphatic carbocycles.